The van der Waals surface area contributed by atoms with E-state index in [-0.39, 0.29) is 11.9 Å². The third-order valence-electron chi connectivity index (χ3n) is 2.18. The van der Waals surface area contributed by atoms with Gasteiger partial charge >= 0.3 is 5.97 Å². The van der Waals surface area contributed by atoms with Gasteiger partial charge in [-0.2, -0.15) is 0 Å². The minimum atomic E-state index is -0.272. The zero-order valence-corrected chi connectivity index (χ0v) is 10.3. The van der Waals surface area contributed by atoms with E-state index in [1.165, 1.54) is 7.11 Å². The Morgan fingerprint density at radius 1 is 1.29 bits per heavy atom. The van der Waals surface area contributed by atoms with Gasteiger partial charge in [0.2, 0.25) is 0 Å². The van der Waals surface area contributed by atoms with Crippen molar-refractivity contribution in [3.05, 3.63) is 34.9 Å². The molecule has 0 fully saturated rings. The second-order valence-electron chi connectivity index (χ2n) is 3.44. The maximum absolute atomic E-state index is 11.6. The number of hydrogen-bond acceptors (Lipinski definition) is 3. The summed E-state index contributed by atoms with van der Waals surface area (Å²) < 4.78 is 4.49. The zero-order chi connectivity index (χ0) is 12.7. The van der Waals surface area contributed by atoms with E-state index >= 15 is 0 Å². The molecular weight excluding hydrogens is 242 g/mol. The topological polar surface area (TPSA) is 55.4 Å². The maximum Gasteiger partial charge on any atom is 0.305 e. The van der Waals surface area contributed by atoms with Gasteiger partial charge in [-0.25, -0.2) is 0 Å². The number of benzene rings is 1. The van der Waals surface area contributed by atoms with Crippen LogP contribution >= 0.6 is 11.6 Å². The molecule has 5 heteroatoms. The van der Waals surface area contributed by atoms with Gasteiger partial charge in [-0.05, 0) is 30.7 Å². The number of halogens is 1. The zero-order valence-electron chi connectivity index (χ0n) is 9.53. The van der Waals surface area contributed by atoms with E-state index in [9.17, 15) is 9.59 Å². The fraction of sp³-hybridized carbons (Fsp3) is 0.333. The summed E-state index contributed by atoms with van der Waals surface area (Å²) in [7, 11) is 1.34. The molecule has 0 saturated heterocycles. The second kappa shape index (κ2) is 6.91. The summed E-state index contributed by atoms with van der Waals surface area (Å²) in [5.41, 5.74) is 0.549. The van der Waals surface area contributed by atoms with E-state index in [1.54, 1.807) is 24.3 Å². The van der Waals surface area contributed by atoms with Gasteiger partial charge in [0.15, 0.2) is 0 Å². The molecular formula is C12H14ClNO3. The van der Waals surface area contributed by atoms with Gasteiger partial charge < -0.3 is 10.1 Å². The molecule has 0 atom stereocenters. The number of hydrogen-bond donors (Lipinski definition) is 1. The Morgan fingerprint density at radius 2 is 1.94 bits per heavy atom. The first kappa shape index (κ1) is 13.5. The van der Waals surface area contributed by atoms with Crippen molar-refractivity contribution in [2.75, 3.05) is 13.7 Å². The lowest BCUT2D eigenvalue weighted by molar-refractivity contribution is -0.140. The van der Waals surface area contributed by atoms with E-state index in [0.717, 1.165) is 0 Å². The second-order valence-corrected chi connectivity index (χ2v) is 3.88. The number of methoxy groups -OCH3 is 1. The molecule has 1 amide bonds. The molecule has 4 nitrogen and oxygen atoms in total. The van der Waals surface area contributed by atoms with Crippen molar-refractivity contribution >= 4 is 23.5 Å². The highest BCUT2D eigenvalue weighted by molar-refractivity contribution is 6.30. The molecule has 0 aliphatic heterocycles. The highest BCUT2D eigenvalue weighted by Crippen LogP contribution is 2.09. The normalized spacial score (nSPS) is 9.76. The summed E-state index contributed by atoms with van der Waals surface area (Å²) in [6.07, 6.45) is 0.864. The molecule has 1 rings (SSSR count). The number of carbonyl (C=O) groups is 2. The number of carbonyl (C=O) groups excluding carboxylic acids is 2. The summed E-state index contributed by atoms with van der Waals surface area (Å²) >= 11 is 5.71. The van der Waals surface area contributed by atoms with Crippen LogP contribution in [0.1, 0.15) is 23.2 Å². The van der Waals surface area contributed by atoms with Crippen molar-refractivity contribution in [2.24, 2.45) is 0 Å². The molecule has 1 aromatic rings. The molecule has 0 heterocycles. The van der Waals surface area contributed by atoms with Crippen molar-refractivity contribution in [3.8, 4) is 0 Å². The van der Waals surface area contributed by atoms with Crippen LogP contribution in [-0.4, -0.2) is 25.5 Å². The molecule has 0 radical (unpaired) electrons. The Hall–Kier alpha value is -1.55. The molecule has 92 valence electrons. The van der Waals surface area contributed by atoms with Gasteiger partial charge in [0.05, 0.1) is 7.11 Å². The van der Waals surface area contributed by atoms with Crippen LogP contribution in [-0.2, 0) is 9.53 Å². The van der Waals surface area contributed by atoms with Crippen molar-refractivity contribution < 1.29 is 14.3 Å². The third kappa shape index (κ3) is 4.87. The van der Waals surface area contributed by atoms with Crippen LogP contribution in [0, 0.1) is 0 Å². The molecule has 0 bridgehead atoms. The van der Waals surface area contributed by atoms with Gasteiger partial charge in [-0.15, -0.1) is 0 Å². The van der Waals surface area contributed by atoms with Gasteiger partial charge in [-0.1, -0.05) is 11.6 Å². The standard InChI is InChI=1S/C12H14ClNO3/c1-17-11(15)3-2-8-14-12(16)9-4-6-10(13)7-5-9/h4-7H,2-3,8H2,1H3,(H,14,16). The first-order valence-electron chi connectivity index (χ1n) is 5.24. The van der Waals surface area contributed by atoms with Gasteiger partial charge in [0, 0.05) is 23.6 Å². The lowest BCUT2D eigenvalue weighted by Crippen LogP contribution is -2.24. The molecule has 0 aliphatic carbocycles. The van der Waals surface area contributed by atoms with Crippen molar-refractivity contribution in [1.82, 2.24) is 5.32 Å². The summed E-state index contributed by atoms with van der Waals surface area (Å²) in [5.74, 6) is -0.447. The highest BCUT2D eigenvalue weighted by atomic mass is 35.5. The van der Waals surface area contributed by atoms with Crippen molar-refractivity contribution in [3.63, 3.8) is 0 Å². The minimum absolute atomic E-state index is 0.175. The molecule has 1 aromatic carbocycles. The first-order chi connectivity index (χ1) is 8.13. The van der Waals surface area contributed by atoms with Crippen LogP contribution < -0.4 is 5.32 Å². The Kier molecular flexibility index (Phi) is 5.49. The monoisotopic (exact) mass is 255 g/mol. The van der Waals surface area contributed by atoms with Crippen LogP contribution in [0.15, 0.2) is 24.3 Å². The molecule has 0 saturated carbocycles. The van der Waals surface area contributed by atoms with E-state index in [1.807, 2.05) is 0 Å². The van der Waals surface area contributed by atoms with E-state index in [2.05, 4.69) is 10.1 Å². The molecule has 0 aliphatic rings. The fourth-order valence-electron chi connectivity index (χ4n) is 1.24. The maximum atomic E-state index is 11.6. The number of nitrogens with one attached hydrogen (secondary N) is 1. The number of esters is 1. The number of rotatable bonds is 5. The predicted octanol–water partition coefficient (Wildman–Crippen LogP) is 2.02. The molecule has 0 spiro atoms. The Labute approximate surface area is 105 Å². The number of amides is 1. The van der Waals surface area contributed by atoms with E-state index in [0.29, 0.717) is 30.0 Å². The van der Waals surface area contributed by atoms with Crippen LogP contribution in [0.25, 0.3) is 0 Å². The fourth-order valence-corrected chi connectivity index (χ4v) is 1.37. The SMILES string of the molecule is COC(=O)CCCNC(=O)c1ccc(Cl)cc1. The van der Waals surface area contributed by atoms with Crippen LogP contribution in [0.4, 0.5) is 0 Å². The average Bonchev–Trinajstić information content (AvgIpc) is 2.34. The van der Waals surface area contributed by atoms with Crippen molar-refractivity contribution in [1.29, 1.82) is 0 Å². The average molecular weight is 256 g/mol. The van der Waals surface area contributed by atoms with Crippen LogP contribution in [0.2, 0.25) is 5.02 Å². The quantitative estimate of drug-likeness (QED) is 0.647. The summed E-state index contributed by atoms with van der Waals surface area (Å²) in [6.45, 7) is 0.441. The molecule has 1 N–H and O–H groups in total. The van der Waals surface area contributed by atoms with Crippen LogP contribution in [0.3, 0.4) is 0 Å². The highest BCUT2D eigenvalue weighted by Gasteiger charge is 2.05. The minimum Gasteiger partial charge on any atom is -0.469 e. The van der Waals surface area contributed by atoms with Gasteiger partial charge in [-0.3, -0.25) is 9.59 Å². The summed E-state index contributed by atoms with van der Waals surface area (Å²) in [5, 5.41) is 3.30. The van der Waals surface area contributed by atoms with Gasteiger partial charge in [0.1, 0.15) is 0 Å². The van der Waals surface area contributed by atoms with Gasteiger partial charge in [0.25, 0.3) is 5.91 Å². The molecule has 0 unspecified atom stereocenters. The Bertz CT molecular complexity index is 389. The first-order valence-corrected chi connectivity index (χ1v) is 5.62. The molecule has 0 aromatic heterocycles. The molecule has 17 heavy (non-hydrogen) atoms. The lowest BCUT2D eigenvalue weighted by atomic mass is 10.2. The summed E-state index contributed by atoms with van der Waals surface area (Å²) in [6, 6.07) is 6.62. The third-order valence-corrected chi connectivity index (χ3v) is 2.43. The Balaban J connectivity index is 2.30. The summed E-state index contributed by atoms with van der Waals surface area (Å²) in [4.78, 5) is 22.4. The predicted molar refractivity (Wildman–Crippen MR) is 65.0 cm³/mol. The van der Waals surface area contributed by atoms with E-state index < -0.39 is 0 Å². The lowest BCUT2D eigenvalue weighted by Gasteiger charge is -2.04. The van der Waals surface area contributed by atoms with Crippen LogP contribution in [0.5, 0.6) is 0 Å². The number of ether oxygens (including phenoxy) is 1. The smallest absolute Gasteiger partial charge is 0.305 e. The Morgan fingerprint density at radius 3 is 2.53 bits per heavy atom. The van der Waals surface area contributed by atoms with E-state index in [4.69, 9.17) is 11.6 Å². The largest absolute Gasteiger partial charge is 0.469 e. The van der Waals surface area contributed by atoms with Crippen molar-refractivity contribution in [2.45, 2.75) is 12.8 Å².